The van der Waals surface area contributed by atoms with Gasteiger partial charge >= 0.3 is 6.18 Å². The first-order valence-electron chi connectivity index (χ1n) is 9.29. The van der Waals surface area contributed by atoms with Gasteiger partial charge in [-0.15, -0.1) is 0 Å². The molecule has 2 aromatic carbocycles. The van der Waals surface area contributed by atoms with Gasteiger partial charge in [-0.2, -0.15) is 18.3 Å². The molecule has 0 saturated carbocycles. The van der Waals surface area contributed by atoms with Gasteiger partial charge in [0.05, 0.1) is 12.7 Å². The number of hydrazone groups is 1. The van der Waals surface area contributed by atoms with Gasteiger partial charge in [-0.25, -0.2) is 14.4 Å². The van der Waals surface area contributed by atoms with Gasteiger partial charge < -0.3 is 4.74 Å². The van der Waals surface area contributed by atoms with Crippen molar-refractivity contribution in [2.45, 2.75) is 11.6 Å². The highest BCUT2D eigenvalue weighted by molar-refractivity contribution is 8.14. The molecule has 0 saturated heterocycles. The van der Waals surface area contributed by atoms with E-state index >= 15 is 0 Å². The quantitative estimate of drug-likeness (QED) is 0.482. The minimum atomic E-state index is -4.51. The number of methoxy groups -OCH3 is 1. The summed E-state index contributed by atoms with van der Waals surface area (Å²) >= 11 is 1.22. The topological polar surface area (TPSA) is 54.8 Å². The Balaban J connectivity index is 1.73. The minimum Gasteiger partial charge on any atom is -0.481 e. The van der Waals surface area contributed by atoms with Crippen LogP contribution in [-0.2, 0) is 6.18 Å². The van der Waals surface area contributed by atoms with Crippen molar-refractivity contribution < 1.29 is 27.1 Å². The number of ether oxygens (including phenoxy) is 1. The average molecular weight is 461 g/mol. The summed E-state index contributed by atoms with van der Waals surface area (Å²) in [5.74, 6) is -0.731. The smallest absolute Gasteiger partial charge is 0.416 e. The fraction of sp³-hybridized carbons (Fsp3) is 0.136. The number of hydrogen-bond donors (Lipinski definition) is 0. The van der Waals surface area contributed by atoms with Gasteiger partial charge in [0, 0.05) is 22.9 Å². The van der Waals surface area contributed by atoms with Crippen molar-refractivity contribution in [3.8, 4) is 5.88 Å². The van der Waals surface area contributed by atoms with E-state index in [0.29, 0.717) is 16.2 Å². The third-order valence-corrected chi connectivity index (χ3v) is 5.88. The predicted octanol–water partition coefficient (Wildman–Crippen LogP) is 5.50. The second-order valence-corrected chi connectivity index (χ2v) is 7.78. The number of hydrogen-bond acceptors (Lipinski definition) is 5. The molecule has 0 N–H and O–H groups in total. The van der Waals surface area contributed by atoms with Crippen molar-refractivity contribution in [1.29, 1.82) is 0 Å². The van der Waals surface area contributed by atoms with Gasteiger partial charge in [0.25, 0.3) is 5.91 Å². The molecular formula is C22H15F4N3O2S. The number of aromatic nitrogens is 1. The molecule has 2 heterocycles. The van der Waals surface area contributed by atoms with E-state index in [1.807, 2.05) is 0 Å². The highest BCUT2D eigenvalue weighted by Crippen LogP contribution is 2.44. The second-order valence-electron chi connectivity index (χ2n) is 6.71. The van der Waals surface area contributed by atoms with Crippen LogP contribution in [0.25, 0.3) is 0 Å². The van der Waals surface area contributed by atoms with Crippen LogP contribution in [0.4, 0.5) is 17.6 Å². The number of benzene rings is 2. The van der Waals surface area contributed by atoms with Crippen molar-refractivity contribution in [1.82, 2.24) is 9.99 Å². The normalized spacial score (nSPS) is 16.1. The van der Waals surface area contributed by atoms with Crippen molar-refractivity contribution in [3.05, 3.63) is 94.9 Å². The molecule has 0 bridgehead atoms. The zero-order valence-corrected chi connectivity index (χ0v) is 17.3. The molecular weight excluding hydrogens is 446 g/mol. The maximum Gasteiger partial charge on any atom is 0.416 e. The van der Waals surface area contributed by atoms with Crippen LogP contribution in [0.1, 0.15) is 32.4 Å². The lowest BCUT2D eigenvalue weighted by Crippen LogP contribution is -2.26. The number of amides is 1. The zero-order valence-electron chi connectivity index (χ0n) is 16.5. The van der Waals surface area contributed by atoms with E-state index in [1.54, 1.807) is 12.1 Å². The Morgan fingerprint density at radius 3 is 2.38 bits per heavy atom. The Morgan fingerprint density at radius 2 is 1.75 bits per heavy atom. The Hall–Kier alpha value is -3.40. The molecule has 0 spiro atoms. The molecule has 0 radical (unpaired) electrons. The predicted molar refractivity (Wildman–Crippen MR) is 112 cm³/mol. The van der Waals surface area contributed by atoms with Gasteiger partial charge in [0.2, 0.25) is 5.88 Å². The van der Waals surface area contributed by atoms with E-state index < -0.39 is 28.8 Å². The summed E-state index contributed by atoms with van der Waals surface area (Å²) in [6.45, 7) is 0. The lowest BCUT2D eigenvalue weighted by Gasteiger charge is -2.22. The van der Waals surface area contributed by atoms with Crippen molar-refractivity contribution >= 4 is 22.7 Å². The van der Waals surface area contributed by atoms with E-state index in [0.717, 1.165) is 24.3 Å². The Kier molecular flexibility index (Phi) is 5.88. The van der Waals surface area contributed by atoms with Crippen LogP contribution in [0.15, 0.2) is 72.0 Å². The summed E-state index contributed by atoms with van der Waals surface area (Å²) in [7, 11) is 1.44. The number of thioether (sulfide) groups is 1. The van der Waals surface area contributed by atoms with Crippen LogP contribution in [0.5, 0.6) is 5.88 Å². The molecule has 10 heteroatoms. The monoisotopic (exact) mass is 461 g/mol. The van der Waals surface area contributed by atoms with E-state index in [-0.39, 0.29) is 11.4 Å². The van der Waals surface area contributed by atoms with E-state index in [2.05, 4.69) is 10.1 Å². The van der Waals surface area contributed by atoms with Crippen molar-refractivity contribution in [3.63, 3.8) is 0 Å². The van der Waals surface area contributed by atoms with E-state index in [1.165, 1.54) is 54.3 Å². The molecule has 3 aromatic rings. The Labute approximate surface area is 184 Å². The number of carbonyl (C=O) groups is 1. The number of carbonyl (C=O) groups excluding carboxylic acids is 1. The van der Waals surface area contributed by atoms with Gasteiger partial charge in [0.15, 0.2) is 0 Å². The van der Waals surface area contributed by atoms with E-state index in [9.17, 15) is 22.4 Å². The van der Waals surface area contributed by atoms with Crippen LogP contribution in [-0.4, -0.2) is 28.1 Å². The first-order valence-corrected chi connectivity index (χ1v) is 10.2. The van der Waals surface area contributed by atoms with Gasteiger partial charge in [-0.05, 0) is 60.7 Å². The molecule has 1 amide bonds. The molecule has 4 rings (SSSR count). The molecule has 0 fully saturated rings. The molecule has 1 aromatic heterocycles. The number of nitrogens with zero attached hydrogens (tertiary/aromatic N) is 3. The first kappa shape index (κ1) is 21.8. The highest BCUT2D eigenvalue weighted by atomic mass is 32.2. The average Bonchev–Trinajstić information content (AvgIpc) is 3.23. The molecule has 1 aliphatic rings. The van der Waals surface area contributed by atoms with Crippen molar-refractivity contribution in [2.24, 2.45) is 5.10 Å². The standard InChI is InChI=1S/C22H15F4N3O2S/c1-31-18-17(3-2-12-27-18)21-29(28-19(32-21)13-6-10-16(23)11-7-13)20(30)14-4-8-15(9-5-14)22(24,25)26/h2-12,21H,1H3. The maximum absolute atomic E-state index is 13.3. The summed E-state index contributed by atoms with van der Waals surface area (Å²) < 4.78 is 57.3. The molecule has 1 unspecified atom stereocenters. The lowest BCUT2D eigenvalue weighted by molar-refractivity contribution is -0.137. The number of pyridine rings is 1. The summed E-state index contributed by atoms with van der Waals surface area (Å²) in [5, 5.41) is 5.34. The summed E-state index contributed by atoms with van der Waals surface area (Å²) in [4.78, 5) is 17.4. The van der Waals surface area contributed by atoms with Crippen LogP contribution in [0.2, 0.25) is 0 Å². The first-order chi connectivity index (χ1) is 15.3. The maximum atomic E-state index is 13.3. The van der Waals surface area contributed by atoms with Crippen LogP contribution >= 0.6 is 11.8 Å². The second kappa shape index (κ2) is 8.62. The number of rotatable bonds is 4. The zero-order chi connectivity index (χ0) is 22.9. The third kappa shape index (κ3) is 4.31. The summed E-state index contributed by atoms with van der Waals surface area (Å²) in [6, 6.07) is 12.9. The van der Waals surface area contributed by atoms with Crippen LogP contribution < -0.4 is 4.74 Å². The molecule has 5 nitrogen and oxygen atoms in total. The summed E-state index contributed by atoms with van der Waals surface area (Å²) in [6.07, 6.45) is -2.98. The number of alkyl halides is 3. The summed E-state index contributed by atoms with van der Waals surface area (Å²) in [5.41, 5.74) is 0.328. The molecule has 1 atom stereocenters. The lowest BCUT2D eigenvalue weighted by atomic mass is 10.1. The van der Waals surface area contributed by atoms with E-state index in [4.69, 9.17) is 4.74 Å². The van der Waals surface area contributed by atoms with Gasteiger partial charge in [0.1, 0.15) is 16.2 Å². The van der Waals surface area contributed by atoms with Gasteiger partial charge in [-0.1, -0.05) is 11.8 Å². The fourth-order valence-corrected chi connectivity index (χ4v) is 4.26. The van der Waals surface area contributed by atoms with Crippen LogP contribution in [0.3, 0.4) is 0 Å². The molecule has 32 heavy (non-hydrogen) atoms. The van der Waals surface area contributed by atoms with Gasteiger partial charge in [-0.3, -0.25) is 4.79 Å². The third-order valence-electron chi connectivity index (χ3n) is 4.66. The van der Waals surface area contributed by atoms with Crippen molar-refractivity contribution in [2.75, 3.05) is 7.11 Å². The Bertz CT molecular complexity index is 1170. The molecule has 164 valence electrons. The number of halogens is 4. The largest absolute Gasteiger partial charge is 0.481 e. The highest BCUT2D eigenvalue weighted by Gasteiger charge is 2.37. The SMILES string of the molecule is COc1ncccc1C1SC(c2ccc(F)cc2)=NN1C(=O)c1ccc(C(F)(F)F)cc1. The molecule has 0 aliphatic carbocycles. The Morgan fingerprint density at radius 1 is 1.06 bits per heavy atom. The molecule has 1 aliphatic heterocycles. The van der Waals surface area contributed by atoms with Crippen LogP contribution in [0, 0.1) is 5.82 Å². The minimum absolute atomic E-state index is 0.0376. The fourth-order valence-electron chi connectivity index (χ4n) is 3.09.